The molecule has 6 heteroatoms. The van der Waals surface area contributed by atoms with Crippen LogP contribution < -0.4 is 10.9 Å². The van der Waals surface area contributed by atoms with E-state index in [1.54, 1.807) is 0 Å². The highest BCUT2D eigenvalue weighted by Crippen LogP contribution is 2.09. The Bertz CT molecular complexity index is 986. The van der Waals surface area contributed by atoms with Gasteiger partial charge in [0.05, 0.1) is 11.3 Å². The highest BCUT2D eigenvalue weighted by atomic mass is 32.1. The SMILES string of the molecule is Cc1cccc(-n2[nH]c(C)c(C=NC(=S)Nc3ccccc3)c2=O)c1. The number of hydrogen-bond acceptors (Lipinski definition) is 2. The van der Waals surface area contributed by atoms with Crippen LogP contribution in [0.5, 0.6) is 0 Å². The van der Waals surface area contributed by atoms with Crippen molar-refractivity contribution in [2.45, 2.75) is 13.8 Å². The van der Waals surface area contributed by atoms with E-state index in [1.165, 1.54) is 10.9 Å². The predicted molar refractivity (Wildman–Crippen MR) is 106 cm³/mol. The molecule has 5 nitrogen and oxygen atoms in total. The molecule has 1 aromatic heterocycles. The molecule has 0 spiro atoms. The van der Waals surface area contributed by atoms with Crippen LogP contribution in [0.2, 0.25) is 0 Å². The number of aromatic amines is 1. The van der Waals surface area contributed by atoms with Gasteiger partial charge < -0.3 is 5.32 Å². The van der Waals surface area contributed by atoms with Gasteiger partial charge in [0.25, 0.3) is 5.56 Å². The lowest BCUT2D eigenvalue weighted by Gasteiger charge is -2.02. The molecule has 0 saturated heterocycles. The number of hydrogen-bond donors (Lipinski definition) is 2. The summed E-state index contributed by atoms with van der Waals surface area (Å²) in [5.74, 6) is 0. The molecular formula is C19H18N4OS. The summed E-state index contributed by atoms with van der Waals surface area (Å²) in [5, 5.41) is 6.39. The van der Waals surface area contributed by atoms with Gasteiger partial charge >= 0.3 is 0 Å². The van der Waals surface area contributed by atoms with E-state index in [1.807, 2.05) is 68.4 Å². The number of aliphatic imine (C=N–C) groups is 1. The van der Waals surface area contributed by atoms with E-state index in [-0.39, 0.29) is 5.56 Å². The van der Waals surface area contributed by atoms with E-state index in [2.05, 4.69) is 15.4 Å². The first-order valence-corrected chi connectivity index (χ1v) is 8.24. The quantitative estimate of drug-likeness (QED) is 0.560. The second-order valence-electron chi connectivity index (χ2n) is 5.68. The minimum absolute atomic E-state index is 0.158. The number of H-pyrrole nitrogens is 1. The summed E-state index contributed by atoms with van der Waals surface area (Å²) in [7, 11) is 0. The molecule has 0 saturated carbocycles. The summed E-state index contributed by atoms with van der Waals surface area (Å²) in [6.45, 7) is 3.82. The van der Waals surface area contributed by atoms with Gasteiger partial charge in [-0.05, 0) is 55.9 Å². The first-order chi connectivity index (χ1) is 12.0. The fraction of sp³-hybridized carbons (Fsp3) is 0.105. The minimum atomic E-state index is -0.158. The third-order valence-corrected chi connectivity index (χ3v) is 3.92. The molecule has 3 rings (SSSR count). The number of benzene rings is 2. The second-order valence-corrected chi connectivity index (χ2v) is 6.07. The molecule has 0 amide bonds. The standard InChI is InChI=1S/C19H18N4OS/c1-13-7-6-10-16(11-13)23-18(24)17(14(2)22-23)12-20-19(25)21-15-8-4-3-5-9-15/h3-12,22H,1-2H3,(H,21,25). The van der Waals surface area contributed by atoms with Crippen molar-refractivity contribution >= 4 is 29.2 Å². The fourth-order valence-corrected chi connectivity index (χ4v) is 2.63. The molecule has 2 N–H and O–H groups in total. The van der Waals surface area contributed by atoms with Crippen molar-refractivity contribution in [3.05, 3.63) is 81.8 Å². The van der Waals surface area contributed by atoms with Crippen molar-refractivity contribution in [1.29, 1.82) is 0 Å². The number of nitrogens with one attached hydrogen (secondary N) is 2. The maximum atomic E-state index is 12.6. The Kier molecular flexibility index (Phi) is 4.90. The first kappa shape index (κ1) is 16.9. The van der Waals surface area contributed by atoms with Crippen LogP contribution in [0.1, 0.15) is 16.8 Å². The normalized spacial score (nSPS) is 11.0. The van der Waals surface area contributed by atoms with Crippen molar-refractivity contribution in [3.8, 4) is 5.69 Å². The number of aryl methyl sites for hydroxylation is 2. The second kappa shape index (κ2) is 7.27. The maximum absolute atomic E-state index is 12.6. The van der Waals surface area contributed by atoms with Crippen LogP contribution in [0, 0.1) is 13.8 Å². The van der Waals surface area contributed by atoms with Gasteiger partial charge in [-0.2, -0.15) is 0 Å². The summed E-state index contributed by atoms with van der Waals surface area (Å²) in [4.78, 5) is 16.8. The van der Waals surface area contributed by atoms with Gasteiger partial charge in [0, 0.05) is 17.6 Å². The molecule has 0 aliphatic carbocycles. The predicted octanol–water partition coefficient (Wildman–Crippen LogP) is 3.60. The van der Waals surface area contributed by atoms with Gasteiger partial charge in [0.2, 0.25) is 0 Å². The topological polar surface area (TPSA) is 62.2 Å². The van der Waals surface area contributed by atoms with E-state index in [4.69, 9.17) is 12.2 Å². The van der Waals surface area contributed by atoms with Crippen LogP contribution in [0.3, 0.4) is 0 Å². The number of anilines is 1. The number of thiocarbonyl (C=S) groups is 1. The van der Waals surface area contributed by atoms with Gasteiger partial charge in [-0.1, -0.05) is 30.3 Å². The largest absolute Gasteiger partial charge is 0.331 e. The van der Waals surface area contributed by atoms with Crippen LogP contribution in [0.4, 0.5) is 5.69 Å². The Hall–Kier alpha value is -2.99. The number of rotatable bonds is 3. The molecule has 0 aliphatic heterocycles. The van der Waals surface area contributed by atoms with Crippen molar-refractivity contribution in [2.75, 3.05) is 5.32 Å². The lowest BCUT2D eigenvalue weighted by atomic mass is 10.2. The molecule has 1 heterocycles. The molecule has 3 aromatic rings. The van der Waals surface area contributed by atoms with E-state index in [9.17, 15) is 4.79 Å². The summed E-state index contributed by atoms with van der Waals surface area (Å²) < 4.78 is 1.51. The molecule has 2 aromatic carbocycles. The molecule has 0 aliphatic rings. The minimum Gasteiger partial charge on any atom is -0.331 e. The van der Waals surface area contributed by atoms with Crippen molar-refractivity contribution in [1.82, 2.24) is 9.78 Å². The average molecular weight is 350 g/mol. The zero-order valence-corrected chi connectivity index (χ0v) is 14.8. The van der Waals surface area contributed by atoms with Crippen LogP contribution >= 0.6 is 12.2 Å². The Morgan fingerprint density at radius 2 is 1.92 bits per heavy atom. The Morgan fingerprint density at radius 1 is 1.16 bits per heavy atom. The van der Waals surface area contributed by atoms with Crippen LogP contribution in [0.15, 0.2) is 64.4 Å². The third-order valence-electron chi connectivity index (χ3n) is 3.71. The van der Waals surface area contributed by atoms with Gasteiger partial charge in [0.15, 0.2) is 5.11 Å². The van der Waals surface area contributed by atoms with E-state index < -0.39 is 0 Å². The molecule has 0 fully saturated rings. The van der Waals surface area contributed by atoms with Crippen LogP contribution in [-0.2, 0) is 0 Å². The average Bonchev–Trinajstić information content (AvgIpc) is 2.88. The van der Waals surface area contributed by atoms with Crippen molar-refractivity contribution in [2.24, 2.45) is 4.99 Å². The molecular weight excluding hydrogens is 332 g/mol. The van der Waals surface area contributed by atoms with Crippen LogP contribution in [0.25, 0.3) is 5.69 Å². The van der Waals surface area contributed by atoms with Gasteiger partial charge in [-0.15, -0.1) is 0 Å². The highest BCUT2D eigenvalue weighted by molar-refractivity contribution is 7.80. The number of nitrogens with zero attached hydrogens (tertiary/aromatic N) is 2. The summed E-state index contributed by atoms with van der Waals surface area (Å²) in [5.41, 5.74) is 3.79. The molecule has 0 atom stereocenters. The maximum Gasteiger partial charge on any atom is 0.280 e. The molecule has 0 radical (unpaired) electrons. The Balaban J connectivity index is 1.84. The zero-order chi connectivity index (χ0) is 17.8. The monoisotopic (exact) mass is 350 g/mol. The molecule has 126 valence electrons. The van der Waals surface area contributed by atoms with E-state index in [0.717, 1.165) is 22.6 Å². The van der Waals surface area contributed by atoms with Crippen LogP contribution in [-0.4, -0.2) is 21.1 Å². The Morgan fingerprint density at radius 3 is 2.64 bits per heavy atom. The summed E-state index contributed by atoms with van der Waals surface area (Å²) >= 11 is 5.21. The van der Waals surface area contributed by atoms with E-state index >= 15 is 0 Å². The van der Waals surface area contributed by atoms with Crippen molar-refractivity contribution < 1.29 is 0 Å². The third kappa shape index (κ3) is 3.92. The van der Waals surface area contributed by atoms with Crippen molar-refractivity contribution in [3.63, 3.8) is 0 Å². The van der Waals surface area contributed by atoms with E-state index in [0.29, 0.717) is 10.7 Å². The fourth-order valence-electron chi connectivity index (χ4n) is 2.46. The van der Waals surface area contributed by atoms with Gasteiger partial charge in [-0.25, -0.2) is 9.67 Å². The zero-order valence-electron chi connectivity index (χ0n) is 14.0. The molecule has 0 bridgehead atoms. The lowest BCUT2D eigenvalue weighted by Crippen LogP contribution is -2.17. The number of para-hydroxylation sites is 1. The summed E-state index contributed by atoms with van der Waals surface area (Å²) in [6.07, 6.45) is 1.50. The smallest absolute Gasteiger partial charge is 0.280 e. The number of aromatic nitrogens is 2. The molecule has 0 unspecified atom stereocenters. The lowest BCUT2D eigenvalue weighted by molar-refractivity contribution is 0.834. The van der Waals surface area contributed by atoms with Gasteiger partial charge in [-0.3, -0.25) is 9.89 Å². The molecule has 25 heavy (non-hydrogen) atoms. The highest BCUT2D eigenvalue weighted by Gasteiger charge is 2.10. The summed E-state index contributed by atoms with van der Waals surface area (Å²) in [6, 6.07) is 17.3. The van der Waals surface area contributed by atoms with Gasteiger partial charge in [0.1, 0.15) is 0 Å². The Labute approximate surface area is 151 Å². The first-order valence-electron chi connectivity index (χ1n) is 7.83.